The highest BCUT2D eigenvalue weighted by Crippen LogP contribution is 2.25. The van der Waals surface area contributed by atoms with Gasteiger partial charge in [0.15, 0.2) is 0 Å². The summed E-state index contributed by atoms with van der Waals surface area (Å²) in [6, 6.07) is 0. The largest absolute Gasteiger partial charge is 0.382 e. The van der Waals surface area contributed by atoms with Gasteiger partial charge in [0.2, 0.25) is 0 Å². The Kier molecular flexibility index (Phi) is 5.67. The van der Waals surface area contributed by atoms with Gasteiger partial charge in [-0.1, -0.05) is 5.92 Å². The number of anilines is 1. The number of aromatic nitrogens is 2. The minimum absolute atomic E-state index is 0.187. The molecule has 7 heteroatoms. The second-order valence-electron chi connectivity index (χ2n) is 3.99. The standard InChI is InChI=1S/C12H14BrN3OS2/c1-2-3-16-12(17)11(13)10(7-15-16)14-6-9-8-18-4-5-19-9/h1,7,9,14H,3-6,8H2. The van der Waals surface area contributed by atoms with Gasteiger partial charge in [-0.25, -0.2) is 4.68 Å². The van der Waals surface area contributed by atoms with Crippen LogP contribution in [0, 0.1) is 12.3 Å². The first kappa shape index (κ1) is 14.8. The van der Waals surface area contributed by atoms with E-state index in [2.05, 4.69) is 32.3 Å². The summed E-state index contributed by atoms with van der Waals surface area (Å²) in [7, 11) is 0. The van der Waals surface area contributed by atoms with Crippen molar-refractivity contribution in [2.24, 2.45) is 0 Å². The summed E-state index contributed by atoms with van der Waals surface area (Å²) in [4.78, 5) is 11.9. The lowest BCUT2D eigenvalue weighted by Crippen LogP contribution is -2.27. The predicted molar refractivity (Wildman–Crippen MR) is 87.1 cm³/mol. The molecule has 0 bridgehead atoms. The molecular weight excluding hydrogens is 346 g/mol. The number of nitrogens with zero attached hydrogens (tertiary/aromatic N) is 2. The van der Waals surface area contributed by atoms with Gasteiger partial charge in [0.25, 0.3) is 5.56 Å². The number of hydrogen-bond acceptors (Lipinski definition) is 5. The van der Waals surface area contributed by atoms with Crippen LogP contribution in [-0.2, 0) is 6.54 Å². The third-order valence-corrected chi connectivity index (χ3v) is 6.24. The van der Waals surface area contributed by atoms with Gasteiger partial charge in [0.1, 0.15) is 11.0 Å². The van der Waals surface area contributed by atoms with E-state index >= 15 is 0 Å². The first-order chi connectivity index (χ1) is 9.22. The summed E-state index contributed by atoms with van der Waals surface area (Å²) >= 11 is 7.26. The number of nitrogens with one attached hydrogen (secondary N) is 1. The molecule has 4 nitrogen and oxygen atoms in total. The predicted octanol–water partition coefficient (Wildman–Crippen LogP) is 1.90. The SMILES string of the molecule is C#CCn1ncc(NCC2CSCCS2)c(Br)c1=O. The highest BCUT2D eigenvalue weighted by molar-refractivity contribution is 9.10. The average Bonchev–Trinajstić information content (AvgIpc) is 2.44. The molecule has 1 unspecified atom stereocenters. The summed E-state index contributed by atoms with van der Waals surface area (Å²) in [6.45, 7) is 1.03. The fourth-order valence-corrected chi connectivity index (χ4v) is 4.72. The van der Waals surface area contributed by atoms with E-state index in [1.54, 1.807) is 6.20 Å². The normalized spacial score (nSPS) is 18.8. The minimum atomic E-state index is -0.200. The van der Waals surface area contributed by atoms with Gasteiger partial charge >= 0.3 is 0 Å². The molecular formula is C12H14BrN3OS2. The molecule has 0 aromatic carbocycles. The van der Waals surface area contributed by atoms with Gasteiger partial charge in [0, 0.05) is 29.1 Å². The molecule has 1 aliphatic rings. The molecule has 1 aromatic heterocycles. The van der Waals surface area contributed by atoms with Gasteiger partial charge in [0.05, 0.1) is 11.9 Å². The minimum Gasteiger partial charge on any atom is -0.382 e. The summed E-state index contributed by atoms with van der Waals surface area (Å²) in [5, 5.41) is 7.92. The Morgan fingerprint density at radius 3 is 3.16 bits per heavy atom. The Morgan fingerprint density at radius 1 is 1.63 bits per heavy atom. The van der Waals surface area contributed by atoms with E-state index in [-0.39, 0.29) is 12.1 Å². The number of hydrogen-bond donors (Lipinski definition) is 1. The van der Waals surface area contributed by atoms with Gasteiger partial charge in [-0.05, 0) is 15.9 Å². The first-order valence-corrected chi connectivity index (χ1v) is 8.84. The van der Waals surface area contributed by atoms with Crippen LogP contribution in [-0.4, -0.2) is 38.8 Å². The van der Waals surface area contributed by atoms with Crippen LogP contribution in [0.2, 0.25) is 0 Å². The van der Waals surface area contributed by atoms with Gasteiger partial charge < -0.3 is 5.32 Å². The lowest BCUT2D eigenvalue weighted by molar-refractivity contribution is 0.659. The Morgan fingerprint density at radius 2 is 2.47 bits per heavy atom. The maximum atomic E-state index is 11.9. The van der Waals surface area contributed by atoms with Gasteiger partial charge in [-0.15, -0.1) is 6.42 Å². The van der Waals surface area contributed by atoms with Crippen molar-refractivity contribution in [3.8, 4) is 12.3 Å². The number of rotatable bonds is 4. The molecule has 1 aliphatic heterocycles. The molecule has 0 saturated carbocycles. The Labute approximate surface area is 129 Å². The number of thioether (sulfide) groups is 2. The zero-order valence-corrected chi connectivity index (χ0v) is 13.5. The molecule has 2 heterocycles. The van der Waals surface area contributed by atoms with E-state index < -0.39 is 0 Å². The average molecular weight is 360 g/mol. The topological polar surface area (TPSA) is 46.9 Å². The summed E-state index contributed by atoms with van der Waals surface area (Å²) < 4.78 is 1.76. The lowest BCUT2D eigenvalue weighted by atomic mass is 10.4. The van der Waals surface area contributed by atoms with E-state index in [1.807, 2.05) is 23.5 Å². The Balaban J connectivity index is 2.02. The quantitative estimate of drug-likeness (QED) is 0.832. The van der Waals surface area contributed by atoms with Crippen LogP contribution < -0.4 is 10.9 Å². The van der Waals surface area contributed by atoms with Gasteiger partial charge in [-0.3, -0.25) is 4.79 Å². The molecule has 1 aromatic rings. The van der Waals surface area contributed by atoms with Crippen molar-refractivity contribution in [1.82, 2.24) is 9.78 Å². The number of terminal acetylenes is 1. The van der Waals surface area contributed by atoms with Crippen LogP contribution in [0.25, 0.3) is 0 Å². The molecule has 0 radical (unpaired) electrons. The van der Waals surface area contributed by atoms with Crippen LogP contribution in [0.15, 0.2) is 15.5 Å². The fraction of sp³-hybridized carbons (Fsp3) is 0.500. The highest BCUT2D eigenvalue weighted by Gasteiger charge is 2.15. The van der Waals surface area contributed by atoms with Crippen molar-refractivity contribution in [3.63, 3.8) is 0 Å². The van der Waals surface area contributed by atoms with Crippen molar-refractivity contribution < 1.29 is 0 Å². The third kappa shape index (κ3) is 3.94. The number of halogens is 1. The van der Waals surface area contributed by atoms with Crippen molar-refractivity contribution >= 4 is 45.1 Å². The van der Waals surface area contributed by atoms with Crippen molar-refractivity contribution in [3.05, 3.63) is 21.0 Å². The van der Waals surface area contributed by atoms with E-state index in [1.165, 1.54) is 16.2 Å². The summed E-state index contributed by atoms with van der Waals surface area (Å²) in [5.41, 5.74) is 0.531. The molecule has 1 fully saturated rings. The highest BCUT2D eigenvalue weighted by atomic mass is 79.9. The smallest absolute Gasteiger partial charge is 0.284 e. The molecule has 2 rings (SSSR count). The molecule has 102 valence electrons. The molecule has 0 spiro atoms. The van der Waals surface area contributed by atoms with Crippen molar-refractivity contribution in [2.45, 2.75) is 11.8 Å². The molecule has 0 amide bonds. The molecule has 1 atom stereocenters. The van der Waals surface area contributed by atoms with E-state index in [4.69, 9.17) is 6.42 Å². The second kappa shape index (κ2) is 7.27. The maximum Gasteiger partial charge on any atom is 0.284 e. The van der Waals surface area contributed by atoms with Crippen LogP contribution in [0.4, 0.5) is 5.69 Å². The van der Waals surface area contributed by atoms with Crippen molar-refractivity contribution in [1.29, 1.82) is 0 Å². The molecule has 0 aliphatic carbocycles. The van der Waals surface area contributed by atoms with Gasteiger partial charge in [-0.2, -0.15) is 28.6 Å². The third-order valence-electron chi connectivity index (χ3n) is 2.63. The lowest BCUT2D eigenvalue weighted by Gasteiger charge is -2.21. The summed E-state index contributed by atoms with van der Waals surface area (Å²) in [6.07, 6.45) is 6.83. The van der Waals surface area contributed by atoms with Crippen LogP contribution >= 0.6 is 39.5 Å². The Bertz CT molecular complexity index is 535. The van der Waals surface area contributed by atoms with E-state index in [0.717, 1.165) is 18.0 Å². The molecule has 19 heavy (non-hydrogen) atoms. The second-order valence-corrected chi connectivity index (χ2v) is 7.34. The zero-order chi connectivity index (χ0) is 13.7. The van der Waals surface area contributed by atoms with Crippen LogP contribution in [0.1, 0.15) is 0 Å². The van der Waals surface area contributed by atoms with Crippen LogP contribution in [0.5, 0.6) is 0 Å². The monoisotopic (exact) mass is 359 g/mol. The fourth-order valence-electron chi connectivity index (χ4n) is 1.67. The molecule has 1 saturated heterocycles. The first-order valence-electron chi connectivity index (χ1n) is 5.84. The van der Waals surface area contributed by atoms with Crippen LogP contribution in [0.3, 0.4) is 0 Å². The van der Waals surface area contributed by atoms with E-state index in [0.29, 0.717) is 9.72 Å². The Hall–Kier alpha value is -0.580. The molecule has 1 N–H and O–H groups in total. The maximum absolute atomic E-state index is 11.9. The summed E-state index contributed by atoms with van der Waals surface area (Å²) in [5.74, 6) is 5.98. The van der Waals surface area contributed by atoms with Crippen molar-refractivity contribution in [2.75, 3.05) is 29.1 Å². The van der Waals surface area contributed by atoms with E-state index in [9.17, 15) is 4.79 Å². The zero-order valence-electron chi connectivity index (χ0n) is 10.3.